The van der Waals surface area contributed by atoms with Crippen molar-refractivity contribution in [1.29, 1.82) is 0 Å². The van der Waals surface area contributed by atoms with E-state index >= 15 is 0 Å². The van der Waals surface area contributed by atoms with Gasteiger partial charge in [0.1, 0.15) is 5.75 Å². The van der Waals surface area contributed by atoms with E-state index in [0.717, 1.165) is 17.7 Å². The molecule has 0 bridgehead atoms. The van der Waals surface area contributed by atoms with Gasteiger partial charge in [0, 0.05) is 12.7 Å². The number of methoxy groups -OCH3 is 2. The van der Waals surface area contributed by atoms with Gasteiger partial charge in [-0.3, -0.25) is 0 Å². The maximum absolute atomic E-state index is 5.48. The topological polar surface area (TPSA) is 44.5 Å². The molecule has 1 rings (SSSR count). The van der Waals surface area contributed by atoms with E-state index in [0.29, 0.717) is 13.2 Å². The van der Waals surface area contributed by atoms with Crippen molar-refractivity contribution >= 4 is 0 Å². The highest BCUT2D eigenvalue weighted by molar-refractivity contribution is 5.37. The van der Waals surface area contributed by atoms with Crippen molar-refractivity contribution in [2.75, 3.05) is 20.8 Å². The average Bonchev–Trinajstić information content (AvgIpc) is 2.21. The molecule has 2 N–H and O–H groups in total. The quantitative estimate of drug-likeness (QED) is 0.771. The van der Waals surface area contributed by atoms with Crippen LogP contribution in [0.4, 0.5) is 0 Å². The molecule has 3 heteroatoms. The predicted molar refractivity (Wildman–Crippen MR) is 56.5 cm³/mol. The summed E-state index contributed by atoms with van der Waals surface area (Å²) in [5, 5.41) is 0. The molecular weight excluding hydrogens is 178 g/mol. The molecule has 0 aliphatic rings. The molecule has 0 saturated heterocycles. The summed E-state index contributed by atoms with van der Waals surface area (Å²) in [6.07, 6.45) is 0.879. The zero-order chi connectivity index (χ0) is 10.4. The second kappa shape index (κ2) is 5.62. The lowest BCUT2D eigenvalue weighted by atomic mass is 10.1. The van der Waals surface area contributed by atoms with E-state index in [4.69, 9.17) is 15.2 Å². The normalized spacial score (nSPS) is 10.2. The summed E-state index contributed by atoms with van der Waals surface area (Å²) in [5.41, 5.74) is 7.75. The van der Waals surface area contributed by atoms with Crippen LogP contribution in [0.1, 0.15) is 11.1 Å². The van der Waals surface area contributed by atoms with Crippen molar-refractivity contribution < 1.29 is 9.47 Å². The first kappa shape index (κ1) is 11.0. The molecule has 0 amide bonds. The Kier molecular flexibility index (Phi) is 4.43. The molecule has 0 atom stereocenters. The largest absolute Gasteiger partial charge is 0.496 e. The standard InChI is InChI=1S/C11H17NO2/c1-13-8-10-4-3-9(5-6-12)7-11(10)14-2/h3-4,7H,5-6,8,12H2,1-2H3. The Morgan fingerprint density at radius 1 is 1.29 bits per heavy atom. The molecule has 0 spiro atoms. The average molecular weight is 195 g/mol. The van der Waals surface area contributed by atoms with Gasteiger partial charge < -0.3 is 15.2 Å². The van der Waals surface area contributed by atoms with Gasteiger partial charge in [-0.25, -0.2) is 0 Å². The van der Waals surface area contributed by atoms with E-state index in [-0.39, 0.29) is 0 Å². The van der Waals surface area contributed by atoms with Crippen LogP contribution in [0, 0.1) is 0 Å². The maximum Gasteiger partial charge on any atom is 0.124 e. The minimum absolute atomic E-state index is 0.575. The van der Waals surface area contributed by atoms with Crippen LogP contribution in [0.5, 0.6) is 5.75 Å². The van der Waals surface area contributed by atoms with Crippen molar-refractivity contribution in [1.82, 2.24) is 0 Å². The number of rotatable bonds is 5. The van der Waals surface area contributed by atoms with Gasteiger partial charge >= 0.3 is 0 Å². The third kappa shape index (κ3) is 2.72. The van der Waals surface area contributed by atoms with Crippen LogP contribution in [-0.4, -0.2) is 20.8 Å². The van der Waals surface area contributed by atoms with Gasteiger partial charge in [0.25, 0.3) is 0 Å². The highest BCUT2D eigenvalue weighted by Gasteiger charge is 2.03. The van der Waals surface area contributed by atoms with Crippen LogP contribution >= 0.6 is 0 Å². The highest BCUT2D eigenvalue weighted by Crippen LogP contribution is 2.20. The number of ether oxygens (including phenoxy) is 2. The van der Waals surface area contributed by atoms with Gasteiger partial charge in [-0.2, -0.15) is 0 Å². The van der Waals surface area contributed by atoms with E-state index < -0.39 is 0 Å². The molecule has 0 fully saturated rings. The van der Waals surface area contributed by atoms with E-state index in [1.54, 1.807) is 14.2 Å². The predicted octanol–water partition coefficient (Wildman–Crippen LogP) is 1.34. The fourth-order valence-corrected chi connectivity index (χ4v) is 1.39. The van der Waals surface area contributed by atoms with Crippen LogP contribution in [0.3, 0.4) is 0 Å². The summed E-state index contributed by atoms with van der Waals surface area (Å²) in [6, 6.07) is 6.10. The van der Waals surface area contributed by atoms with Crippen molar-refractivity contribution in [2.45, 2.75) is 13.0 Å². The Bertz CT molecular complexity index is 287. The first-order valence-corrected chi connectivity index (χ1v) is 4.66. The van der Waals surface area contributed by atoms with Crippen molar-refractivity contribution in [3.8, 4) is 5.75 Å². The van der Waals surface area contributed by atoms with Gasteiger partial charge in [0.05, 0.1) is 13.7 Å². The lowest BCUT2D eigenvalue weighted by Gasteiger charge is -2.09. The SMILES string of the molecule is COCc1ccc(CCN)cc1OC. The first-order chi connectivity index (χ1) is 6.81. The van der Waals surface area contributed by atoms with Crippen molar-refractivity contribution in [2.24, 2.45) is 5.73 Å². The minimum Gasteiger partial charge on any atom is -0.496 e. The van der Waals surface area contributed by atoms with E-state index in [1.807, 2.05) is 12.1 Å². The third-order valence-corrected chi connectivity index (χ3v) is 2.08. The summed E-state index contributed by atoms with van der Waals surface area (Å²) in [7, 11) is 3.34. The monoisotopic (exact) mass is 195 g/mol. The lowest BCUT2D eigenvalue weighted by Crippen LogP contribution is -2.03. The Balaban J connectivity index is 2.87. The van der Waals surface area contributed by atoms with Gasteiger partial charge in [-0.05, 0) is 24.6 Å². The number of hydrogen-bond donors (Lipinski definition) is 1. The summed E-state index contributed by atoms with van der Waals surface area (Å²) in [4.78, 5) is 0. The Labute approximate surface area is 84.8 Å². The van der Waals surface area contributed by atoms with Crippen LogP contribution in [0.15, 0.2) is 18.2 Å². The molecule has 1 aromatic carbocycles. The molecule has 0 aliphatic carbocycles. The third-order valence-electron chi connectivity index (χ3n) is 2.08. The van der Waals surface area contributed by atoms with Crippen LogP contribution < -0.4 is 10.5 Å². The van der Waals surface area contributed by atoms with Crippen molar-refractivity contribution in [3.63, 3.8) is 0 Å². The summed E-state index contributed by atoms with van der Waals surface area (Å²) in [5.74, 6) is 0.873. The van der Waals surface area contributed by atoms with Gasteiger partial charge in [0.2, 0.25) is 0 Å². The molecule has 0 heterocycles. The summed E-state index contributed by atoms with van der Waals surface area (Å²) < 4.78 is 10.3. The summed E-state index contributed by atoms with van der Waals surface area (Å²) in [6.45, 7) is 1.23. The Hall–Kier alpha value is -1.06. The number of nitrogens with two attached hydrogens (primary N) is 1. The van der Waals surface area contributed by atoms with Gasteiger partial charge in [-0.1, -0.05) is 12.1 Å². The van der Waals surface area contributed by atoms with E-state index in [1.165, 1.54) is 5.56 Å². The van der Waals surface area contributed by atoms with Gasteiger partial charge in [-0.15, -0.1) is 0 Å². The molecule has 0 saturated carbocycles. The Morgan fingerprint density at radius 2 is 2.07 bits per heavy atom. The highest BCUT2D eigenvalue weighted by atomic mass is 16.5. The molecule has 0 aromatic heterocycles. The van der Waals surface area contributed by atoms with Crippen molar-refractivity contribution in [3.05, 3.63) is 29.3 Å². The minimum atomic E-state index is 0.575. The molecule has 1 aromatic rings. The molecule has 78 valence electrons. The number of hydrogen-bond acceptors (Lipinski definition) is 3. The summed E-state index contributed by atoms with van der Waals surface area (Å²) >= 11 is 0. The molecule has 3 nitrogen and oxygen atoms in total. The molecule has 0 radical (unpaired) electrons. The second-order valence-corrected chi connectivity index (χ2v) is 3.12. The fourth-order valence-electron chi connectivity index (χ4n) is 1.39. The second-order valence-electron chi connectivity index (χ2n) is 3.12. The smallest absolute Gasteiger partial charge is 0.124 e. The molecular formula is C11H17NO2. The first-order valence-electron chi connectivity index (χ1n) is 4.66. The number of benzene rings is 1. The fraction of sp³-hybridized carbons (Fsp3) is 0.455. The maximum atomic E-state index is 5.48. The van der Waals surface area contributed by atoms with E-state index in [2.05, 4.69) is 6.07 Å². The van der Waals surface area contributed by atoms with Gasteiger partial charge in [0.15, 0.2) is 0 Å². The molecule has 14 heavy (non-hydrogen) atoms. The van der Waals surface area contributed by atoms with Crippen LogP contribution in [0.25, 0.3) is 0 Å². The Morgan fingerprint density at radius 3 is 2.64 bits per heavy atom. The van der Waals surface area contributed by atoms with Crippen LogP contribution in [0.2, 0.25) is 0 Å². The zero-order valence-corrected chi connectivity index (χ0v) is 8.75. The van der Waals surface area contributed by atoms with Crippen LogP contribution in [-0.2, 0) is 17.8 Å². The zero-order valence-electron chi connectivity index (χ0n) is 8.75. The lowest BCUT2D eigenvalue weighted by molar-refractivity contribution is 0.181. The molecule has 0 aliphatic heterocycles. The molecule has 0 unspecified atom stereocenters. The van der Waals surface area contributed by atoms with E-state index in [9.17, 15) is 0 Å².